The third kappa shape index (κ3) is 4.30. The van der Waals surface area contributed by atoms with Crippen molar-refractivity contribution in [3.05, 3.63) is 68.8 Å². The molecule has 10 heteroatoms. The predicted molar refractivity (Wildman–Crippen MR) is 85.6 cm³/mol. The average molecular weight is 352 g/mol. The van der Waals surface area contributed by atoms with Crippen molar-refractivity contribution in [3.8, 4) is 11.5 Å². The summed E-state index contributed by atoms with van der Waals surface area (Å²) in [5, 5.41) is 21.5. The Hall–Kier alpha value is -2.93. The van der Waals surface area contributed by atoms with Crippen LogP contribution >= 0.6 is 7.60 Å². The molecule has 0 aliphatic carbocycles. The zero-order chi connectivity index (χ0) is 17.7. The lowest BCUT2D eigenvalue weighted by molar-refractivity contribution is -0.385. The van der Waals surface area contributed by atoms with Crippen LogP contribution in [0.25, 0.3) is 0 Å². The smallest absolute Gasteiger partial charge is 0.416 e. The van der Waals surface area contributed by atoms with Crippen molar-refractivity contribution >= 4 is 19.0 Å². The van der Waals surface area contributed by atoms with Gasteiger partial charge in [0.2, 0.25) is 0 Å². The van der Waals surface area contributed by atoms with E-state index >= 15 is 0 Å². The summed E-state index contributed by atoms with van der Waals surface area (Å²) < 4.78 is 23.3. The topological polar surface area (TPSA) is 122 Å². The number of benzene rings is 2. The summed E-state index contributed by atoms with van der Waals surface area (Å²) in [6, 6.07) is 10.4. The highest BCUT2D eigenvalue weighted by molar-refractivity contribution is 7.54. The molecule has 0 radical (unpaired) electrons. The van der Waals surface area contributed by atoms with E-state index in [-0.39, 0.29) is 29.0 Å². The summed E-state index contributed by atoms with van der Waals surface area (Å²) in [4.78, 5) is 20.3. The minimum absolute atomic E-state index is 0.0137. The third-order valence-electron chi connectivity index (χ3n) is 2.93. The standard InChI is InChI=1S/C14H13N2O7P/c1-2-24(21,22-13-7-3-5-11(9-13)15(17)18)23-14-8-4-6-12(10-14)16(19)20/h3-10H,2H2,1H3. The van der Waals surface area contributed by atoms with Gasteiger partial charge < -0.3 is 9.05 Å². The largest absolute Gasteiger partial charge is 0.430 e. The Morgan fingerprint density at radius 3 is 1.67 bits per heavy atom. The highest BCUT2D eigenvalue weighted by atomic mass is 31.2. The maximum atomic E-state index is 12.7. The molecule has 9 nitrogen and oxygen atoms in total. The van der Waals surface area contributed by atoms with E-state index in [0.717, 1.165) is 12.1 Å². The second-order valence-electron chi connectivity index (χ2n) is 4.62. The van der Waals surface area contributed by atoms with Crippen molar-refractivity contribution in [2.45, 2.75) is 6.92 Å². The van der Waals surface area contributed by atoms with Crippen LogP contribution in [0.3, 0.4) is 0 Å². The first-order valence-corrected chi connectivity index (χ1v) is 8.53. The van der Waals surface area contributed by atoms with Gasteiger partial charge in [-0.15, -0.1) is 0 Å². The van der Waals surface area contributed by atoms with Crippen LogP contribution in [-0.2, 0) is 4.57 Å². The van der Waals surface area contributed by atoms with Crippen molar-refractivity contribution in [1.29, 1.82) is 0 Å². The van der Waals surface area contributed by atoms with E-state index in [1.54, 1.807) is 6.92 Å². The molecule has 0 fully saturated rings. The van der Waals surface area contributed by atoms with Crippen LogP contribution in [0.2, 0.25) is 0 Å². The summed E-state index contributed by atoms with van der Waals surface area (Å²) in [5.41, 5.74) is -0.434. The van der Waals surface area contributed by atoms with Gasteiger partial charge in [-0.3, -0.25) is 20.2 Å². The average Bonchev–Trinajstić information content (AvgIpc) is 2.55. The van der Waals surface area contributed by atoms with Crippen LogP contribution in [-0.4, -0.2) is 16.0 Å². The fraction of sp³-hybridized carbons (Fsp3) is 0.143. The lowest BCUT2D eigenvalue weighted by Gasteiger charge is -2.18. The van der Waals surface area contributed by atoms with Gasteiger partial charge in [0.25, 0.3) is 11.4 Å². The van der Waals surface area contributed by atoms with E-state index in [1.807, 2.05) is 0 Å². The molecule has 0 aromatic heterocycles. The van der Waals surface area contributed by atoms with Crippen molar-refractivity contribution in [2.75, 3.05) is 6.16 Å². The third-order valence-corrected chi connectivity index (χ3v) is 4.69. The number of nitrogens with zero attached hydrogens (tertiary/aromatic N) is 2. The molecule has 0 aliphatic rings. The van der Waals surface area contributed by atoms with Gasteiger partial charge in [0, 0.05) is 12.1 Å². The fourth-order valence-corrected chi connectivity index (χ4v) is 2.94. The Labute approximate surface area is 136 Å². The molecule has 0 bridgehead atoms. The summed E-state index contributed by atoms with van der Waals surface area (Å²) in [7, 11) is -3.69. The molecule has 0 amide bonds. The molecule has 0 saturated carbocycles. The second-order valence-corrected chi connectivity index (χ2v) is 6.84. The summed E-state index contributed by atoms with van der Waals surface area (Å²) in [5.74, 6) is 0.0274. The molecule has 126 valence electrons. The number of nitro benzene ring substituents is 2. The minimum Gasteiger partial charge on any atom is -0.416 e. The lowest BCUT2D eigenvalue weighted by atomic mass is 10.3. The highest BCUT2D eigenvalue weighted by Gasteiger charge is 2.27. The second kappa shape index (κ2) is 7.10. The van der Waals surface area contributed by atoms with Gasteiger partial charge in [0.1, 0.15) is 11.5 Å². The molecule has 0 aliphatic heterocycles. The van der Waals surface area contributed by atoms with Crippen molar-refractivity contribution in [1.82, 2.24) is 0 Å². The maximum absolute atomic E-state index is 12.7. The van der Waals surface area contributed by atoms with Crippen LogP contribution in [0.1, 0.15) is 6.92 Å². The molecule has 0 unspecified atom stereocenters. The molecule has 0 heterocycles. The number of hydrogen-bond donors (Lipinski definition) is 0. The summed E-state index contributed by atoms with van der Waals surface area (Å²) in [6.07, 6.45) is -0.0294. The van der Waals surface area contributed by atoms with E-state index < -0.39 is 17.4 Å². The monoisotopic (exact) mass is 352 g/mol. The molecule has 0 spiro atoms. The molecule has 0 saturated heterocycles. The summed E-state index contributed by atoms with van der Waals surface area (Å²) in [6.45, 7) is 1.55. The Morgan fingerprint density at radius 1 is 0.917 bits per heavy atom. The van der Waals surface area contributed by atoms with E-state index in [1.165, 1.54) is 36.4 Å². The maximum Gasteiger partial charge on any atom is 0.430 e. The molecule has 0 N–H and O–H groups in total. The Kier molecular flexibility index (Phi) is 5.15. The quantitative estimate of drug-likeness (QED) is 0.416. The van der Waals surface area contributed by atoms with E-state index in [9.17, 15) is 24.8 Å². The fourth-order valence-electron chi connectivity index (χ4n) is 1.78. The molecule has 2 aromatic rings. The van der Waals surface area contributed by atoms with Gasteiger partial charge in [0.15, 0.2) is 0 Å². The van der Waals surface area contributed by atoms with Crippen molar-refractivity contribution < 1.29 is 23.5 Å². The van der Waals surface area contributed by atoms with Gasteiger partial charge in [-0.05, 0) is 12.1 Å². The Bertz CT molecular complexity index is 761. The first kappa shape index (κ1) is 17.4. The van der Waals surface area contributed by atoms with Crippen molar-refractivity contribution in [3.63, 3.8) is 0 Å². The minimum atomic E-state index is -3.69. The van der Waals surface area contributed by atoms with Crippen LogP contribution in [0.15, 0.2) is 48.5 Å². The first-order chi connectivity index (χ1) is 11.3. The molecule has 2 rings (SSSR count). The Balaban J connectivity index is 2.24. The molecule has 24 heavy (non-hydrogen) atoms. The van der Waals surface area contributed by atoms with E-state index in [0.29, 0.717) is 0 Å². The normalized spacial score (nSPS) is 10.9. The van der Waals surface area contributed by atoms with Gasteiger partial charge >= 0.3 is 7.60 Å². The lowest BCUT2D eigenvalue weighted by Crippen LogP contribution is -2.04. The number of non-ortho nitro benzene ring substituents is 2. The van der Waals surface area contributed by atoms with Gasteiger partial charge in [-0.25, -0.2) is 4.57 Å². The van der Waals surface area contributed by atoms with Gasteiger partial charge in [0.05, 0.1) is 28.1 Å². The Morgan fingerprint density at radius 2 is 1.33 bits per heavy atom. The molecular formula is C14H13N2O7P. The van der Waals surface area contributed by atoms with E-state index in [2.05, 4.69) is 0 Å². The van der Waals surface area contributed by atoms with Crippen LogP contribution in [0, 0.1) is 20.2 Å². The molecule has 2 aromatic carbocycles. The first-order valence-electron chi connectivity index (χ1n) is 6.80. The number of rotatable bonds is 7. The predicted octanol–water partition coefficient (Wildman–Crippen LogP) is 4.17. The molecular weight excluding hydrogens is 339 g/mol. The number of hydrogen-bond acceptors (Lipinski definition) is 7. The molecule has 0 atom stereocenters. The van der Waals surface area contributed by atoms with Crippen LogP contribution < -0.4 is 9.05 Å². The zero-order valence-electron chi connectivity index (χ0n) is 12.5. The van der Waals surface area contributed by atoms with Gasteiger partial charge in [-0.1, -0.05) is 19.1 Å². The van der Waals surface area contributed by atoms with E-state index in [4.69, 9.17) is 9.05 Å². The van der Waals surface area contributed by atoms with Gasteiger partial charge in [-0.2, -0.15) is 0 Å². The van der Waals surface area contributed by atoms with Crippen molar-refractivity contribution in [2.24, 2.45) is 0 Å². The van der Waals surface area contributed by atoms with Crippen LogP contribution in [0.5, 0.6) is 11.5 Å². The number of nitro groups is 2. The highest BCUT2D eigenvalue weighted by Crippen LogP contribution is 2.48. The summed E-state index contributed by atoms with van der Waals surface area (Å²) >= 11 is 0. The SMILES string of the molecule is CCP(=O)(Oc1cccc([N+](=O)[O-])c1)Oc1cccc([N+](=O)[O-])c1. The van der Waals surface area contributed by atoms with Crippen LogP contribution in [0.4, 0.5) is 11.4 Å². The zero-order valence-corrected chi connectivity index (χ0v) is 13.4.